The summed E-state index contributed by atoms with van der Waals surface area (Å²) < 4.78 is 0. The highest BCUT2D eigenvalue weighted by Crippen LogP contribution is 2.32. The molecule has 3 heteroatoms. The van der Waals surface area contributed by atoms with Gasteiger partial charge in [-0.15, -0.1) is 0 Å². The van der Waals surface area contributed by atoms with Crippen molar-refractivity contribution in [3.05, 3.63) is 0 Å². The van der Waals surface area contributed by atoms with Crippen molar-refractivity contribution in [1.82, 2.24) is 10.6 Å². The van der Waals surface area contributed by atoms with Crippen molar-refractivity contribution < 1.29 is 4.79 Å². The predicted octanol–water partition coefficient (Wildman–Crippen LogP) is 0.899. The summed E-state index contributed by atoms with van der Waals surface area (Å²) in [6.07, 6.45) is 2.64. The Labute approximate surface area is 80.3 Å². The molecular formula is C10H20N2O. The van der Waals surface area contributed by atoms with Gasteiger partial charge >= 0.3 is 0 Å². The first-order valence-corrected chi connectivity index (χ1v) is 5.12. The zero-order valence-electron chi connectivity index (χ0n) is 8.76. The van der Waals surface area contributed by atoms with Crippen molar-refractivity contribution in [2.24, 2.45) is 5.92 Å². The van der Waals surface area contributed by atoms with Crippen molar-refractivity contribution in [1.29, 1.82) is 0 Å². The maximum atomic E-state index is 11.2. The predicted molar refractivity (Wildman–Crippen MR) is 53.5 cm³/mol. The molecule has 1 aliphatic carbocycles. The molecule has 0 spiro atoms. The van der Waals surface area contributed by atoms with Gasteiger partial charge < -0.3 is 10.6 Å². The van der Waals surface area contributed by atoms with Crippen LogP contribution in [0, 0.1) is 5.92 Å². The molecule has 1 aliphatic rings. The fourth-order valence-corrected chi connectivity index (χ4v) is 1.39. The number of nitrogens with one attached hydrogen (secondary N) is 2. The molecular weight excluding hydrogens is 164 g/mol. The summed E-state index contributed by atoms with van der Waals surface area (Å²) in [4.78, 5) is 11.2. The van der Waals surface area contributed by atoms with Crippen LogP contribution in [0.2, 0.25) is 0 Å². The number of hydrogen-bond acceptors (Lipinski definition) is 2. The molecule has 1 rings (SSSR count). The van der Waals surface area contributed by atoms with E-state index in [0.29, 0.717) is 12.6 Å². The van der Waals surface area contributed by atoms with Gasteiger partial charge in [-0.2, -0.15) is 0 Å². The fourth-order valence-electron chi connectivity index (χ4n) is 1.39. The topological polar surface area (TPSA) is 41.1 Å². The van der Waals surface area contributed by atoms with E-state index >= 15 is 0 Å². The molecule has 1 unspecified atom stereocenters. The van der Waals surface area contributed by atoms with Crippen molar-refractivity contribution in [3.8, 4) is 0 Å². The molecule has 76 valence electrons. The van der Waals surface area contributed by atoms with Crippen LogP contribution in [0.5, 0.6) is 0 Å². The van der Waals surface area contributed by atoms with Gasteiger partial charge in [0, 0.05) is 12.1 Å². The lowest BCUT2D eigenvalue weighted by Crippen LogP contribution is -2.41. The Bertz CT molecular complexity index is 176. The van der Waals surface area contributed by atoms with E-state index in [1.54, 1.807) is 0 Å². The normalized spacial score (nSPS) is 18.8. The first-order valence-electron chi connectivity index (χ1n) is 5.12. The lowest BCUT2D eigenvalue weighted by Gasteiger charge is -2.13. The van der Waals surface area contributed by atoms with Crippen molar-refractivity contribution in [2.75, 3.05) is 6.54 Å². The van der Waals surface area contributed by atoms with Crippen LogP contribution in [0.15, 0.2) is 0 Å². The van der Waals surface area contributed by atoms with E-state index in [2.05, 4.69) is 17.6 Å². The Morgan fingerprint density at radius 2 is 2.00 bits per heavy atom. The molecule has 3 nitrogen and oxygen atoms in total. The van der Waals surface area contributed by atoms with Crippen molar-refractivity contribution in [3.63, 3.8) is 0 Å². The Balaban J connectivity index is 2.06. The van der Waals surface area contributed by atoms with Crippen LogP contribution in [0.25, 0.3) is 0 Å². The summed E-state index contributed by atoms with van der Waals surface area (Å²) in [6, 6.07) is 0.739. The molecule has 0 bridgehead atoms. The van der Waals surface area contributed by atoms with Gasteiger partial charge in [0.25, 0.3) is 0 Å². The molecule has 1 saturated carbocycles. The SMILES string of the molecule is CC(C)NC(=O)CNC(C)C1CC1. The third-order valence-corrected chi connectivity index (χ3v) is 2.36. The second-order valence-corrected chi connectivity index (χ2v) is 4.23. The summed E-state index contributed by atoms with van der Waals surface area (Å²) in [5.74, 6) is 0.911. The highest BCUT2D eigenvalue weighted by Gasteiger charge is 2.27. The van der Waals surface area contributed by atoms with Gasteiger partial charge in [-0.3, -0.25) is 4.79 Å². The van der Waals surface area contributed by atoms with Crippen molar-refractivity contribution >= 4 is 5.91 Å². The zero-order valence-corrected chi connectivity index (χ0v) is 8.76. The number of carbonyl (C=O) groups excluding carboxylic acids is 1. The van der Waals surface area contributed by atoms with Crippen LogP contribution in [0.1, 0.15) is 33.6 Å². The minimum absolute atomic E-state index is 0.0995. The van der Waals surface area contributed by atoms with Crippen LogP contribution < -0.4 is 10.6 Å². The molecule has 0 aliphatic heterocycles. The number of carbonyl (C=O) groups is 1. The van der Waals surface area contributed by atoms with Gasteiger partial charge in [-0.05, 0) is 39.5 Å². The van der Waals surface area contributed by atoms with Gasteiger partial charge in [0.1, 0.15) is 0 Å². The van der Waals surface area contributed by atoms with Crippen LogP contribution in [-0.4, -0.2) is 24.5 Å². The van der Waals surface area contributed by atoms with E-state index in [4.69, 9.17) is 0 Å². The van der Waals surface area contributed by atoms with Gasteiger partial charge in [0.2, 0.25) is 5.91 Å². The summed E-state index contributed by atoms with van der Waals surface area (Å²) >= 11 is 0. The highest BCUT2D eigenvalue weighted by molar-refractivity contribution is 5.78. The van der Waals surface area contributed by atoms with E-state index in [-0.39, 0.29) is 11.9 Å². The highest BCUT2D eigenvalue weighted by atomic mass is 16.1. The largest absolute Gasteiger partial charge is 0.353 e. The first-order chi connectivity index (χ1) is 6.09. The quantitative estimate of drug-likeness (QED) is 0.666. The number of rotatable bonds is 5. The van der Waals surface area contributed by atoms with Crippen LogP contribution >= 0.6 is 0 Å². The molecule has 13 heavy (non-hydrogen) atoms. The molecule has 1 fully saturated rings. The summed E-state index contributed by atoms with van der Waals surface area (Å²) in [5.41, 5.74) is 0. The van der Waals surface area contributed by atoms with E-state index in [0.717, 1.165) is 5.92 Å². The maximum Gasteiger partial charge on any atom is 0.234 e. The summed E-state index contributed by atoms with van der Waals surface area (Å²) in [6.45, 7) is 6.56. The molecule has 0 aromatic carbocycles. The van der Waals surface area contributed by atoms with E-state index in [9.17, 15) is 4.79 Å². The van der Waals surface area contributed by atoms with Gasteiger partial charge in [-0.25, -0.2) is 0 Å². The third-order valence-electron chi connectivity index (χ3n) is 2.36. The summed E-state index contributed by atoms with van der Waals surface area (Å²) in [5, 5.41) is 6.09. The van der Waals surface area contributed by atoms with Crippen LogP contribution in [0.4, 0.5) is 0 Å². The maximum absolute atomic E-state index is 11.2. The monoisotopic (exact) mass is 184 g/mol. The van der Waals surface area contributed by atoms with Crippen LogP contribution in [-0.2, 0) is 4.79 Å². The second kappa shape index (κ2) is 4.61. The van der Waals surface area contributed by atoms with E-state index in [1.807, 2.05) is 13.8 Å². The average molecular weight is 184 g/mol. The van der Waals surface area contributed by atoms with E-state index in [1.165, 1.54) is 12.8 Å². The van der Waals surface area contributed by atoms with Crippen LogP contribution in [0.3, 0.4) is 0 Å². The average Bonchev–Trinajstić information content (AvgIpc) is 2.80. The molecule has 0 saturated heterocycles. The van der Waals surface area contributed by atoms with E-state index < -0.39 is 0 Å². The molecule has 0 radical (unpaired) electrons. The zero-order chi connectivity index (χ0) is 9.84. The molecule has 2 N–H and O–H groups in total. The number of amides is 1. The molecule has 1 amide bonds. The molecule has 0 aromatic heterocycles. The van der Waals surface area contributed by atoms with Gasteiger partial charge in [-0.1, -0.05) is 0 Å². The smallest absolute Gasteiger partial charge is 0.234 e. The second-order valence-electron chi connectivity index (χ2n) is 4.23. The first kappa shape index (κ1) is 10.5. The third kappa shape index (κ3) is 4.27. The molecule has 0 heterocycles. The van der Waals surface area contributed by atoms with Gasteiger partial charge in [0.15, 0.2) is 0 Å². The lowest BCUT2D eigenvalue weighted by atomic mass is 10.2. The molecule has 1 atom stereocenters. The molecule has 0 aromatic rings. The Morgan fingerprint density at radius 3 is 2.46 bits per heavy atom. The Hall–Kier alpha value is -0.570. The lowest BCUT2D eigenvalue weighted by molar-refractivity contribution is -0.120. The van der Waals surface area contributed by atoms with Crippen molar-refractivity contribution in [2.45, 2.75) is 45.7 Å². The Morgan fingerprint density at radius 1 is 1.38 bits per heavy atom. The minimum atomic E-state index is 0.0995. The van der Waals surface area contributed by atoms with Gasteiger partial charge in [0.05, 0.1) is 6.54 Å². The summed E-state index contributed by atoms with van der Waals surface area (Å²) in [7, 11) is 0. The fraction of sp³-hybridized carbons (Fsp3) is 0.900. The standard InChI is InChI=1S/C10H20N2O/c1-7(2)12-10(13)6-11-8(3)9-4-5-9/h7-9,11H,4-6H2,1-3H3,(H,12,13). The minimum Gasteiger partial charge on any atom is -0.353 e. The Kier molecular flexibility index (Phi) is 3.72. The number of hydrogen-bond donors (Lipinski definition) is 2.